The third-order valence-electron chi connectivity index (χ3n) is 5.10. The molecule has 0 saturated heterocycles. The average Bonchev–Trinajstić information content (AvgIpc) is 3.18. The third-order valence-corrected chi connectivity index (χ3v) is 5.43. The van der Waals surface area contributed by atoms with E-state index in [-0.39, 0.29) is 29.0 Å². The lowest BCUT2D eigenvalue weighted by molar-refractivity contribution is -0.133. The molecular weight excluding hydrogens is 404 g/mol. The fourth-order valence-corrected chi connectivity index (χ4v) is 3.94. The van der Waals surface area contributed by atoms with Gasteiger partial charge in [0.15, 0.2) is 0 Å². The molecule has 2 aromatic carbocycles. The number of nitrogens with zero attached hydrogens (tertiary/aromatic N) is 3. The Labute approximate surface area is 178 Å². The molecule has 30 heavy (non-hydrogen) atoms. The summed E-state index contributed by atoms with van der Waals surface area (Å²) in [5.41, 5.74) is 2.80. The van der Waals surface area contributed by atoms with Gasteiger partial charge in [0.2, 0.25) is 5.91 Å². The number of thiol groups is 1. The monoisotopic (exact) mass is 423 g/mol. The van der Waals surface area contributed by atoms with Gasteiger partial charge in [-0.05, 0) is 53.8 Å². The van der Waals surface area contributed by atoms with E-state index in [1.807, 2.05) is 30.3 Å². The van der Waals surface area contributed by atoms with E-state index in [0.29, 0.717) is 6.42 Å². The number of aryl methyl sites for hydroxylation is 1. The molecule has 1 amide bonds. The first-order valence-corrected chi connectivity index (χ1v) is 9.99. The number of benzene rings is 2. The second kappa shape index (κ2) is 8.75. The number of hydrogen-bond acceptors (Lipinski definition) is 3. The fourth-order valence-electron chi connectivity index (χ4n) is 3.67. The van der Waals surface area contributed by atoms with E-state index in [2.05, 4.69) is 22.7 Å². The number of halogens is 2. The second-order valence-corrected chi connectivity index (χ2v) is 7.50. The van der Waals surface area contributed by atoms with Gasteiger partial charge in [-0.25, -0.2) is 13.8 Å². The van der Waals surface area contributed by atoms with Crippen LogP contribution in [0.5, 0.6) is 0 Å². The van der Waals surface area contributed by atoms with Crippen molar-refractivity contribution in [1.29, 1.82) is 0 Å². The molecule has 1 unspecified atom stereocenters. The zero-order chi connectivity index (χ0) is 21.1. The summed E-state index contributed by atoms with van der Waals surface area (Å²) >= 11 is 4.30. The Balaban J connectivity index is 1.72. The van der Waals surface area contributed by atoms with Gasteiger partial charge in [0.25, 0.3) is 0 Å². The Hall–Kier alpha value is -3.06. The van der Waals surface area contributed by atoms with Gasteiger partial charge in [-0.15, -0.1) is 12.6 Å². The van der Waals surface area contributed by atoms with Crippen molar-refractivity contribution in [2.24, 2.45) is 5.10 Å². The molecule has 0 saturated carbocycles. The van der Waals surface area contributed by atoms with Crippen molar-refractivity contribution in [2.75, 3.05) is 0 Å². The van der Waals surface area contributed by atoms with Gasteiger partial charge in [0.05, 0.1) is 12.5 Å². The van der Waals surface area contributed by atoms with Crippen LogP contribution in [0.4, 0.5) is 8.78 Å². The minimum absolute atomic E-state index is 0.0593. The molecule has 0 fully saturated rings. The minimum Gasteiger partial charge on any atom is -0.273 e. The summed E-state index contributed by atoms with van der Waals surface area (Å²) < 4.78 is 27.9. The van der Waals surface area contributed by atoms with Crippen LogP contribution in [0.2, 0.25) is 0 Å². The number of fused-ring (bicyclic) bond motifs is 1. The molecule has 0 radical (unpaired) electrons. The van der Waals surface area contributed by atoms with E-state index < -0.39 is 11.6 Å². The standard InChI is InChI=1S/C23H19F2N3OS/c24-17-8-9-20(25)19(13-17)23(30)27-28(22(29)12-15-4-3-11-26-14-15)21-10-7-16-5-1-2-6-18(16)21/h1-6,8-9,11,13-14,21H,7,10,12H2,(H,27,30). The fraction of sp³-hybridized carbons (Fsp3) is 0.174. The Kier molecular flexibility index (Phi) is 5.90. The van der Waals surface area contributed by atoms with Crippen molar-refractivity contribution in [1.82, 2.24) is 9.99 Å². The summed E-state index contributed by atoms with van der Waals surface area (Å²) in [5, 5.41) is 5.66. The second-order valence-electron chi connectivity index (χ2n) is 7.08. The highest BCUT2D eigenvalue weighted by atomic mass is 32.1. The topological polar surface area (TPSA) is 45.6 Å². The number of rotatable bonds is 5. The summed E-state index contributed by atoms with van der Waals surface area (Å²) in [6.45, 7) is 0. The molecule has 0 spiro atoms. The summed E-state index contributed by atoms with van der Waals surface area (Å²) in [6, 6.07) is 14.2. The van der Waals surface area contributed by atoms with Crippen molar-refractivity contribution >= 4 is 23.6 Å². The van der Waals surface area contributed by atoms with Crippen molar-refractivity contribution in [3.63, 3.8) is 0 Å². The van der Waals surface area contributed by atoms with Gasteiger partial charge < -0.3 is 0 Å². The first-order chi connectivity index (χ1) is 14.5. The van der Waals surface area contributed by atoms with Crippen LogP contribution in [-0.2, 0) is 17.6 Å². The molecule has 3 aromatic rings. The van der Waals surface area contributed by atoms with Gasteiger partial charge >= 0.3 is 0 Å². The number of carbonyl (C=O) groups excluding carboxylic acids is 1. The Morgan fingerprint density at radius 3 is 2.80 bits per heavy atom. The predicted molar refractivity (Wildman–Crippen MR) is 114 cm³/mol. The predicted octanol–water partition coefficient (Wildman–Crippen LogP) is 4.71. The van der Waals surface area contributed by atoms with Gasteiger partial charge in [0.1, 0.15) is 16.7 Å². The Morgan fingerprint density at radius 2 is 2.00 bits per heavy atom. The van der Waals surface area contributed by atoms with Crippen molar-refractivity contribution < 1.29 is 13.6 Å². The summed E-state index contributed by atoms with van der Waals surface area (Å²) in [5.74, 6) is -1.53. The first-order valence-electron chi connectivity index (χ1n) is 9.54. The average molecular weight is 423 g/mol. The van der Waals surface area contributed by atoms with Crippen LogP contribution in [0.15, 0.2) is 72.1 Å². The molecule has 1 atom stereocenters. The van der Waals surface area contributed by atoms with Gasteiger partial charge in [-0.2, -0.15) is 5.10 Å². The lowest BCUT2D eigenvalue weighted by Gasteiger charge is -2.26. The maximum Gasteiger partial charge on any atom is 0.247 e. The molecular formula is C23H19F2N3OS. The lowest BCUT2D eigenvalue weighted by atomic mass is 10.1. The molecule has 1 aromatic heterocycles. The smallest absolute Gasteiger partial charge is 0.247 e. The maximum absolute atomic E-state index is 14.2. The van der Waals surface area contributed by atoms with Crippen LogP contribution in [0.3, 0.4) is 0 Å². The number of hydrazone groups is 1. The highest BCUT2D eigenvalue weighted by Gasteiger charge is 2.31. The van der Waals surface area contributed by atoms with Gasteiger partial charge in [-0.1, -0.05) is 30.3 Å². The molecule has 1 aliphatic rings. The van der Waals surface area contributed by atoms with Crippen LogP contribution in [0.1, 0.15) is 34.7 Å². The van der Waals surface area contributed by atoms with Crippen LogP contribution in [-0.4, -0.2) is 20.9 Å². The summed E-state index contributed by atoms with van der Waals surface area (Å²) in [7, 11) is 0. The number of amides is 1. The molecule has 0 aliphatic heterocycles. The van der Waals surface area contributed by atoms with Gasteiger partial charge in [0, 0.05) is 18.0 Å². The van der Waals surface area contributed by atoms with E-state index in [9.17, 15) is 13.6 Å². The Morgan fingerprint density at radius 1 is 1.17 bits per heavy atom. The normalized spacial score (nSPS) is 15.7. The van der Waals surface area contributed by atoms with E-state index in [4.69, 9.17) is 0 Å². The zero-order valence-corrected chi connectivity index (χ0v) is 16.9. The molecule has 7 heteroatoms. The van der Waals surface area contributed by atoms with E-state index in [0.717, 1.165) is 41.3 Å². The third kappa shape index (κ3) is 4.26. The number of hydrogen-bond donors (Lipinski definition) is 1. The van der Waals surface area contributed by atoms with Gasteiger partial charge in [-0.3, -0.25) is 9.78 Å². The molecule has 0 bridgehead atoms. The molecule has 152 valence electrons. The number of aromatic nitrogens is 1. The van der Waals surface area contributed by atoms with Crippen molar-refractivity contribution in [3.8, 4) is 0 Å². The quantitative estimate of drug-likeness (QED) is 0.280. The molecule has 0 N–H and O–H groups in total. The SMILES string of the molecule is O=C(Cc1cccnc1)N(/N=C(\S)c1cc(F)ccc1F)C1CCc2ccccc21. The molecule has 4 rings (SSSR count). The van der Waals surface area contributed by atoms with Crippen molar-refractivity contribution in [3.05, 3.63) is 101 Å². The molecule has 4 nitrogen and oxygen atoms in total. The molecule has 1 heterocycles. The summed E-state index contributed by atoms with van der Waals surface area (Å²) in [4.78, 5) is 17.3. The van der Waals surface area contributed by atoms with E-state index >= 15 is 0 Å². The lowest BCUT2D eigenvalue weighted by Crippen LogP contribution is -2.31. The zero-order valence-electron chi connectivity index (χ0n) is 16.0. The highest BCUT2D eigenvalue weighted by Crippen LogP contribution is 2.36. The summed E-state index contributed by atoms with van der Waals surface area (Å²) in [6.07, 6.45) is 4.84. The van der Waals surface area contributed by atoms with E-state index in [1.165, 1.54) is 5.01 Å². The Bertz CT molecular complexity index is 1100. The maximum atomic E-state index is 14.2. The van der Waals surface area contributed by atoms with Crippen LogP contribution in [0, 0.1) is 11.6 Å². The first kappa shape index (κ1) is 20.2. The van der Waals surface area contributed by atoms with Crippen LogP contribution in [0.25, 0.3) is 0 Å². The highest BCUT2D eigenvalue weighted by molar-refractivity contribution is 7.97. The van der Waals surface area contributed by atoms with Crippen LogP contribution < -0.4 is 0 Å². The van der Waals surface area contributed by atoms with E-state index in [1.54, 1.807) is 18.5 Å². The number of pyridine rings is 1. The minimum atomic E-state index is -0.656. The largest absolute Gasteiger partial charge is 0.273 e. The van der Waals surface area contributed by atoms with Crippen molar-refractivity contribution in [2.45, 2.75) is 25.3 Å². The number of carbonyl (C=O) groups is 1. The van der Waals surface area contributed by atoms with Crippen LogP contribution >= 0.6 is 12.6 Å². The molecule has 1 aliphatic carbocycles.